The van der Waals surface area contributed by atoms with Crippen molar-refractivity contribution in [2.75, 3.05) is 0 Å². The van der Waals surface area contributed by atoms with E-state index < -0.39 is 11.4 Å². The van der Waals surface area contributed by atoms with E-state index in [1.807, 2.05) is 0 Å². The highest BCUT2D eigenvalue weighted by Gasteiger charge is 2.32. The predicted octanol–water partition coefficient (Wildman–Crippen LogP) is 2.24. The molecule has 0 amide bonds. The van der Waals surface area contributed by atoms with Crippen LogP contribution < -0.4 is 0 Å². The van der Waals surface area contributed by atoms with Crippen molar-refractivity contribution in [3.8, 4) is 0 Å². The van der Waals surface area contributed by atoms with E-state index in [4.69, 9.17) is 16.7 Å². The summed E-state index contributed by atoms with van der Waals surface area (Å²) in [6.07, 6.45) is 0. The first-order valence-corrected chi connectivity index (χ1v) is 5.14. The fourth-order valence-electron chi connectivity index (χ4n) is 0.747. The third kappa shape index (κ3) is 2.00. The second-order valence-electron chi connectivity index (χ2n) is 3.21. The number of thiazole rings is 1. The molecule has 3 nitrogen and oxygen atoms in total. The van der Waals surface area contributed by atoms with Crippen LogP contribution in [0.5, 0.6) is 0 Å². The highest BCUT2D eigenvalue weighted by molar-refractivity contribution is 7.10. The molecule has 0 saturated carbocycles. The Labute approximate surface area is 85.4 Å². The van der Waals surface area contributed by atoms with Crippen LogP contribution in [-0.2, 0) is 16.1 Å². The molecule has 13 heavy (non-hydrogen) atoms. The number of halogens is 1. The fourth-order valence-corrected chi connectivity index (χ4v) is 1.91. The van der Waals surface area contributed by atoms with E-state index in [0.717, 1.165) is 5.69 Å². The van der Waals surface area contributed by atoms with Crippen molar-refractivity contribution in [1.29, 1.82) is 0 Å². The summed E-state index contributed by atoms with van der Waals surface area (Å²) in [7, 11) is 0. The summed E-state index contributed by atoms with van der Waals surface area (Å²) in [6.45, 7) is 3.26. The van der Waals surface area contributed by atoms with E-state index in [1.165, 1.54) is 11.3 Å². The number of rotatable bonds is 3. The number of nitrogens with zero attached hydrogens (tertiary/aromatic N) is 1. The van der Waals surface area contributed by atoms with Gasteiger partial charge in [0.15, 0.2) is 0 Å². The third-order valence-corrected chi connectivity index (χ3v) is 3.25. The van der Waals surface area contributed by atoms with Crippen molar-refractivity contribution in [3.05, 3.63) is 16.1 Å². The number of carboxylic acid groups (broad SMARTS) is 1. The smallest absolute Gasteiger partial charge is 0.316 e. The maximum atomic E-state index is 10.9. The molecule has 0 aromatic carbocycles. The summed E-state index contributed by atoms with van der Waals surface area (Å²) in [6, 6.07) is 0. The molecule has 5 heteroatoms. The topological polar surface area (TPSA) is 50.2 Å². The highest BCUT2D eigenvalue weighted by Crippen LogP contribution is 2.27. The Hall–Kier alpha value is -0.610. The molecule has 1 aromatic rings. The van der Waals surface area contributed by atoms with Gasteiger partial charge in [-0.25, -0.2) is 4.98 Å². The molecule has 0 aliphatic carbocycles. The standard InChI is InChI=1S/C8H10ClNO2S/c1-8(2,7(11)12)6-10-5(3-9)4-13-6/h4H,3H2,1-2H3,(H,11,12). The molecular formula is C8H10ClNO2S. The number of hydrogen-bond donors (Lipinski definition) is 1. The van der Waals surface area contributed by atoms with Gasteiger partial charge < -0.3 is 5.11 Å². The SMILES string of the molecule is CC(C)(C(=O)O)c1nc(CCl)cs1. The van der Waals surface area contributed by atoms with Gasteiger partial charge in [-0.1, -0.05) is 0 Å². The van der Waals surface area contributed by atoms with Crippen LogP contribution in [0.25, 0.3) is 0 Å². The minimum atomic E-state index is -0.922. The molecule has 0 radical (unpaired) electrons. The quantitative estimate of drug-likeness (QED) is 0.794. The molecular weight excluding hydrogens is 210 g/mol. The first kappa shape index (κ1) is 10.5. The Kier molecular flexibility index (Phi) is 2.93. The lowest BCUT2D eigenvalue weighted by molar-refractivity contribution is -0.142. The largest absolute Gasteiger partial charge is 0.481 e. The molecule has 1 heterocycles. The zero-order valence-electron chi connectivity index (χ0n) is 7.37. The van der Waals surface area contributed by atoms with E-state index in [1.54, 1.807) is 19.2 Å². The lowest BCUT2D eigenvalue weighted by atomic mass is 9.95. The summed E-state index contributed by atoms with van der Waals surface area (Å²) in [5, 5.41) is 11.3. The molecule has 0 spiro atoms. The van der Waals surface area contributed by atoms with Crippen LogP contribution in [0.4, 0.5) is 0 Å². The molecule has 72 valence electrons. The lowest BCUT2D eigenvalue weighted by Gasteiger charge is -2.14. The first-order chi connectivity index (χ1) is 5.98. The number of aromatic nitrogens is 1. The third-order valence-electron chi connectivity index (χ3n) is 1.76. The summed E-state index contributed by atoms with van der Waals surface area (Å²) in [4.78, 5) is 15.0. The van der Waals surface area contributed by atoms with Gasteiger partial charge in [0, 0.05) is 5.38 Å². The summed E-state index contributed by atoms with van der Waals surface area (Å²) in [5.74, 6) is -0.547. The van der Waals surface area contributed by atoms with Gasteiger partial charge in [0.1, 0.15) is 10.4 Å². The van der Waals surface area contributed by atoms with Crippen molar-refractivity contribution >= 4 is 28.9 Å². The maximum Gasteiger partial charge on any atom is 0.316 e. The highest BCUT2D eigenvalue weighted by atomic mass is 35.5. The number of hydrogen-bond acceptors (Lipinski definition) is 3. The zero-order chi connectivity index (χ0) is 10.1. The second kappa shape index (κ2) is 3.64. The van der Waals surface area contributed by atoms with Crippen molar-refractivity contribution in [2.24, 2.45) is 0 Å². The second-order valence-corrected chi connectivity index (χ2v) is 4.33. The van der Waals surface area contributed by atoms with Gasteiger partial charge >= 0.3 is 5.97 Å². The van der Waals surface area contributed by atoms with Gasteiger partial charge in [-0.2, -0.15) is 0 Å². The molecule has 0 bridgehead atoms. The predicted molar refractivity (Wildman–Crippen MR) is 52.3 cm³/mol. The van der Waals surface area contributed by atoms with E-state index >= 15 is 0 Å². The lowest BCUT2D eigenvalue weighted by Crippen LogP contribution is -2.28. The zero-order valence-corrected chi connectivity index (χ0v) is 8.95. The Balaban J connectivity index is 3.00. The number of alkyl halides is 1. The molecule has 0 aliphatic rings. The minimum absolute atomic E-state index is 0.326. The normalized spacial score (nSPS) is 11.6. The van der Waals surface area contributed by atoms with E-state index in [0.29, 0.717) is 10.9 Å². The fraction of sp³-hybridized carbons (Fsp3) is 0.500. The van der Waals surface area contributed by atoms with Gasteiger partial charge in [-0.05, 0) is 13.8 Å². The van der Waals surface area contributed by atoms with Gasteiger partial charge in [0.25, 0.3) is 0 Å². The van der Waals surface area contributed by atoms with Crippen LogP contribution >= 0.6 is 22.9 Å². The van der Waals surface area contributed by atoms with Crippen molar-refractivity contribution in [2.45, 2.75) is 25.1 Å². The monoisotopic (exact) mass is 219 g/mol. The van der Waals surface area contributed by atoms with Crippen molar-refractivity contribution in [3.63, 3.8) is 0 Å². The van der Waals surface area contributed by atoms with Crippen LogP contribution in [0.2, 0.25) is 0 Å². The molecule has 0 fully saturated rings. The molecule has 1 aromatic heterocycles. The maximum absolute atomic E-state index is 10.9. The van der Waals surface area contributed by atoms with Crippen molar-refractivity contribution in [1.82, 2.24) is 4.98 Å². The van der Waals surface area contributed by atoms with Gasteiger partial charge in [-0.3, -0.25) is 4.79 Å². The van der Waals surface area contributed by atoms with E-state index in [2.05, 4.69) is 4.98 Å². The molecule has 1 rings (SSSR count). The van der Waals surface area contributed by atoms with Crippen LogP contribution in [0.3, 0.4) is 0 Å². The molecule has 0 atom stereocenters. The Morgan fingerprint density at radius 1 is 1.77 bits per heavy atom. The number of carboxylic acids is 1. The Bertz CT molecular complexity index is 322. The van der Waals surface area contributed by atoms with Gasteiger partial charge in [0.2, 0.25) is 0 Å². The summed E-state index contributed by atoms with van der Waals surface area (Å²) >= 11 is 6.90. The van der Waals surface area contributed by atoms with Crippen molar-refractivity contribution < 1.29 is 9.90 Å². The molecule has 0 unspecified atom stereocenters. The van der Waals surface area contributed by atoms with Crippen LogP contribution in [0, 0.1) is 0 Å². The minimum Gasteiger partial charge on any atom is -0.481 e. The summed E-state index contributed by atoms with van der Waals surface area (Å²) < 4.78 is 0. The average Bonchev–Trinajstić information content (AvgIpc) is 2.51. The number of aliphatic carboxylic acids is 1. The Morgan fingerprint density at radius 2 is 2.38 bits per heavy atom. The molecule has 0 aliphatic heterocycles. The van der Waals surface area contributed by atoms with Gasteiger partial charge in [-0.15, -0.1) is 22.9 Å². The van der Waals surface area contributed by atoms with Gasteiger partial charge in [0.05, 0.1) is 11.6 Å². The van der Waals surface area contributed by atoms with E-state index in [9.17, 15) is 4.79 Å². The first-order valence-electron chi connectivity index (χ1n) is 3.72. The average molecular weight is 220 g/mol. The summed E-state index contributed by atoms with van der Waals surface area (Å²) in [5.41, 5.74) is -0.189. The molecule has 0 saturated heterocycles. The molecule has 1 N–H and O–H groups in total. The van der Waals surface area contributed by atoms with Crippen LogP contribution in [0.1, 0.15) is 24.5 Å². The number of carbonyl (C=O) groups is 1. The van der Waals surface area contributed by atoms with E-state index in [-0.39, 0.29) is 0 Å². The van der Waals surface area contributed by atoms with Crippen LogP contribution in [-0.4, -0.2) is 16.1 Å². The Morgan fingerprint density at radius 3 is 2.77 bits per heavy atom. The van der Waals surface area contributed by atoms with Crippen LogP contribution in [0.15, 0.2) is 5.38 Å².